The van der Waals surface area contributed by atoms with Crippen molar-refractivity contribution in [3.63, 3.8) is 0 Å². The van der Waals surface area contributed by atoms with Crippen LogP contribution in [0.3, 0.4) is 0 Å². The molecule has 28 heavy (non-hydrogen) atoms. The SMILES string of the molecule is CN(C)C(=O)Nc1cccc(C(=O)N2CCNCC2c2cccc(Cl)c2)c1.Cl. The van der Waals surface area contributed by atoms with Crippen LogP contribution in [0.4, 0.5) is 10.5 Å². The fourth-order valence-electron chi connectivity index (χ4n) is 3.09. The van der Waals surface area contributed by atoms with Crippen molar-refractivity contribution in [2.24, 2.45) is 0 Å². The van der Waals surface area contributed by atoms with Crippen LogP contribution in [0.2, 0.25) is 5.02 Å². The Bertz CT molecular complexity index is 844. The lowest BCUT2D eigenvalue weighted by Crippen LogP contribution is -2.48. The summed E-state index contributed by atoms with van der Waals surface area (Å²) in [5.74, 6) is -0.0672. The first-order chi connectivity index (χ1) is 13.0. The van der Waals surface area contributed by atoms with E-state index in [1.54, 1.807) is 38.4 Å². The number of halogens is 2. The molecular weight excluding hydrogens is 399 g/mol. The lowest BCUT2D eigenvalue weighted by atomic mass is 10.0. The van der Waals surface area contributed by atoms with E-state index >= 15 is 0 Å². The van der Waals surface area contributed by atoms with E-state index in [0.29, 0.717) is 29.4 Å². The number of benzene rings is 2. The summed E-state index contributed by atoms with van der Waals surface area (Å²) in [5.41, 5.74) is 2.13. The second kappa shape index (κ2) is 9.78. The summed E-state index contributed by atoms with van der Waals surface area (Å²) in [7, 11) is 3.33. The van der Waals surface area contributed by atoms with E-state index in [9.17, 15) is 9.59 Å². The van der Waals surface area contributed by atoms with E-state index in [2.05, 4.69) is 10.6 Å². The van der Waals surface area contributed by atoms with Crippen LogP contribution in [0.5, 0.6) is 0 Å². The quantitative estimate of drug-likeness (QED) is 0.793. The van der Waals surface area contributed by atoms with Crippen LogP contribution < -0.4 is 10.6 Å². The molecule has 2 N–H and O–H groups in total. The number of hydrogen-bond donors (Lipinski definition) is 2. The summed E-state index contributed by atoms with van der Waals surface area (Å²) in [6.45, 7) is 2.01. The van der Waals surface area contributed by atoms with E-state index in [4.69, 9.17) is 11.6 Å². The molecular formula is C20H24Cl2N4O2. The maximum Gasteiger partial charge on any atom is 0.321 e. The Balaban J connectivity index is 0.00000280. The maximum absolute atomic E-state index is 13.2. The van der Waals surface area contributed by atoms with Crippen molar-refractivity contribution in [1.29, 1.82) is 0 Å². The van der Waals surface area contributed by atoms with E-state index in [1.807, 2.05) is 29.2 Å². The molecule has 1 saturated heterocycles. The molecule has 1 aliphatic rings. The third kappa shape index (κ3) is 5.16. The molecule has 0 aliphatic carbocycles. The molecule has 0 spiro atoms. The number of amides is 3. The molecule has 0 aromatic heterocycles. The summed E-state index contributed by atoms with van der Waals surface area (Å²) in [4.78, 5) is 28.3. The van der Waals surface area contributed by atoms with Gasteiger partial charge in [-0.3, -0.25) is 4.79 Å². The van der Waals surface area contributed by atoms with Crippen LogP contribution in [0.15, 0.2) is 48.5 Å². The standard InChI is InChI=1S/C20H23ClN4O2.ClH/c1-24(2)20(27)23-17-8-4-6-15(12-17)19(26)25-10-9-22-13-18(25)14-5-3-7-16(21)11-14;/h3-8,11-12,18,22H,9-10,13H2,1-2H3,(H,23,27);1H. The number of carbonyl (C=O) groups is 2. The molecule has 6 nitrogen and oxygen atoms in total. The van der Waals surface area contributed by atoms with E-state index in [-0.39, 0.29) is 30.4 Å². The van der Waals surface area contributed by atoms with Gasteiger partial charge in [-0.2, -0.15) is 0 Å². The number of urea groups is 1. The molecule has 0 bridgehead atoms. The largest absolute Gasteiger partial charge is 0.331 e. The molecule has 1 fully saturated rings. The van der Waals surface area contributed by atoms with Gasteiger partial charge in [0.15, 0.2) is 0 Å². The third-order valence-electron chi connectivity index (χ3n) is 4.50. The van der Waals surface area contributed by atoms with Crippen molar-refractivity contribution in [2.45, 2.75) is 6.04 Å². The molecule has 3 rings (SSSR count). The highest BCUT2D eigenvalue weighted by Crippen LogP contribution is 2.26. The summed E-state index contributed by atoms with van der Waals surface area (Å²) in [6.07, 6.45) is 0. The minimum absolute atomic E-state index is 0. The topological polar surface area (TPSA) is 64.7 Å². The van der Waals surface area contributed by atoms with Crippen molar-refractivity contribution in [1.82, 2.24) is 15.1 Å². The fourth-order valence-corrected chi connectivity index (χ4v) is 3.29. The minimum atomic E-state index is -0.237. The zero-order valence-corrected chi connectivity index (χ0v) is 17.4. The van der Waals surface area contributed by atoms with Crippen LogP contribution in [-0.2, 0) is 0 Å². The van der Waals surface area contributed by atoms with Gasteiger partial charge in [-0.25, -0.2) is 4.79 Å². The normalized spacial score (nSPS) is 16.1. The number of rotatable bonds is 3. The first-order valence-electron chi connectivity index (χ1n) is 8.81. The predicted octanol–water partition coefficient (Wildman–Crippen LogP) is 3.64. The van der Waals surface area contributed by atoms with Crippen LogP contribution in [-0.4, -0.2) is 55.5 Å². The summed E-state index contributed by atoms with van der Waals surface area (Å²) < 4.78 is 0. The van der Waals surface area contributed by atoms with Crippen molar-refractivity contribution >= 4 is 41.6 Å². The number of piperazine rings is 1. The molecule has 2 aromatic rings. The molecule has 1 aliphatic heterocycles. The average molecular weight is 423 g/mol. The van der Waals surface area contributed by atoms with Gasteiger partial charge in [-0.05, 0) is 35.9 Å². The third-order valence-corrected chi connectivity index (χ3v) is 4.74. The van der Waals surface area contributed by atoms with Gasteiger partial charge in [-0.1, -0.05) is 29.8 Å². The Hall–Kier alpha value is -2.28. The highest BCUT2D eigenvalue weighted by molar-refractivity contribution is 6.30. The zero-order chi connectivity index (χ0) is 19.4. The Morgan fingerprint density at radius 1 is 1.18 bits per heavy atom. The first-order valence-corrected chi connectivity index (χ1v) is 9.19. The van der Waals surface area contributed by atoms with Crippen LogP contribution in [0.25, 0.3) is 0 Å². The Labute approximate surface area is 176 Å². The number of anilines is 1. The van der Waals surface area contributed by atoms with Gasteiger partial charge in [0.05, 0.1) is 6.04 Å². The van der Waals surface area contributed by atoms with Crippen molar-refractivity contribution in [2.75, 3.05) is 39.0 Å². The van der Waals surface area contributed by atoms with Gasteiger partial charge in [0.2, 0.25) is 0 Å². The molecule has 0 radical (unpaired) electrons. The molecule has 8 heteroatoms. The average Bonchev–Trinajstić information content (AvgIpc) is 2.67. The molecule has 150 valence electrons. The number of nitrogens with one attached hydrogen (secondary N) is 2. The van der Waals surface area contributed by atoms with Gasteiger partial charge in [-0.15, -0.1) is 12.4 Å². The predicted molar refractivity (Wildman–Crippen MR) is 114 cm³/mol. The highest BCUT2D eigenvalue weighted by Gasteiger charge is 2.28. The van der Waals surface area contributed by atoms with Crippen LogP contribution in [0, 0.1) is 0 Å². The van der Waals surface area contributed by atoms with E-state index in [0.717, 1.165) is 12.1 Å². The van der Waals surface area contributed by atoms with Crippen molar-refractivity contribution in [3.05, 3.63) is 64.7 Å². The smallest absolute Gasteiger partial charge is 0.321 e. The first kappa shape index (κ1) is 22.0. The van der Waals surface area contributed by atoms with Crippen molar-refractivity contribution < 1.29 is 9.59 Å². The number of hydrogen-bond acceptors (Lipinski definition) is 3. The molecule has 1 unspecified atom stereocenters. The monoisotopic (exact) mass is 422 g/mol. The van der Waals surface area contributed by atoms with E-state index < -0.39 is 0 Å². The van der Waals surface area contributed by atoms with E-state index in [1.165, 1.54) is 4.90 Å². The molecule has 2 aromatic carbocycles. The number of carbonyl (C=O) groups excluding carboxylic acids is 2. The maximum atomic E-state index is 13.2. The lowest BCUT2D eigenvalue weighted by molar-refractivity contribution is 0.0634. The van der Waals surface area contributed by atoms with Gasteiger partial charge in [0, 0.05) is 50.0 Å². The summed E-state index contributed by atoms with van der Waals surface area (Å²) in [6, 6.07) is 14.3. The zero-order valence-electron chi connectivity index (χ0n) is 15.8. The minimum Gasteiger partial charge on any atom is -0.331 e. The van der Waals surface area contributed by atoms with Crippen LogP contribution >= 0.6 is 24.0 Å². The van der Waals surface area contributed by atoms with Crippen LogP contribution in [0.1, 0.15) is 22.0 Å². The molecule has 0 saturated carbocycles. The van der Waals surface area contributed by atoms with Gasteiger partial charge >= 0.3 is 6.03 Å². The molecule has 1 heterocycles. The van der Waals surface area contributed by atoms with Gasteiger partial charge < -0.3 is 20.4 Å². The molecule has 1 atom stereocenters. The summed E-state index contributed by atoms with van der Waals surface area (Å²) in [5, 5.41) is 6.77. The highest BCUT2D eigenvalue weighted by atomic mass is 35.5. The second-order valence-electron chi connectivity index (χ2n) is 6.68. The molecule has 3 amide bonds. The second-order valence-corrected chi connectivity index (χ2v) is 7.12. The fraction of sp³-hybridized carbons (Fsp3) is 0.300. The van der Waals surface area contributed by atoms with Crippen molar-refractivity contribution in [3.8, 4) is 0 Å². The van der Waals surface area contributed by atoms with Gasteiger partial charge in [0.1, 0.15) is 0 Å². The Morgan fingerprint density at radius 3 is 2.64 bits per heavy atom. The Morgan fingerprint density at radius 2 is 1.93 bits per heavy atom. The number of nitrogens with zero attached hydrogens (tertiary/aromatic N) is 2. The lowest BCUT2D eigenvalue weighted by Gasteiger charge is -2.36. The van der Waals surface area contributed by atoms with Gasteiger partial charge in [0.25, 0.3) is 5.91 Å². The Kier molecular flexibility index (Phi) is 7.69. The summed E-state index contributed by atoms with van der Waals surface area (Å²) >= 11 is 6.14.